The molecule has 36 heavy (non-hydrogen) atoms. The monoisotopic (exact) mass is 502 g/mol. The van der Waals surface area contributed by atoms with E-state index in [4.69, 9.17) is 14.2 Å². The summed E-state index contributed by atoms with van der Waals surface area (Å²) in [5, 5.41) is 2.87. The van der Waals surface area contributed by atoms with Gasteiger partial charge < -0.3 is 19.5 Å². The first-order valence-electron chi connectivity index (χ1n) is 12.4. The summed E-state index contributed by atoms with van der Waals surface area (Å²) >= 11 is 0. The second-order valence-electron chi connectivity index (χ2n) is 11.4. The molecule has 1 aliphatic heterocycles. The van der Waals surface area contributed by atoms with Crippen LogP contribution in [-0.2, 0) is 30.2 Å². The molecular formula is C28H42N2O6. The van der Waals surface area contributed by atoms with Gasteiger partial charge in [0, 0.05) is 20.1 Å². The molecule has 0 radical (unpaired) electrons. The molecule has 0 aromatic heterocycles. The van der Waals surface area contributed by atoms with Gasteiger partial charge in [-0.2, -0.15) is 0 Å². The van der Waals surface area contributed by atoms with E-state index >= 15 is 0 Å². The number of methoxy groups -OCH3 is 1. The standard InChI is InChI=1S/C28H42N2O6/c1-18-15-22(30(17-18)26(33)36-28(6,7)8)23(34-9)19(2)24(31)29-21(25(32)35-27(3,4)5)16-20-13-11-10-12-14-20/h10-14,19,21-23H,1,15-17H2,2-9H3,(H,29,31)/t19?,21?,22-,23?/m0/s1. The fourth-order valence-electron chi connectivity index (χ4n) is 4.21. The highest BCUT2D eigenvalue weighted by Crippen LogP contribution is 2.30. The van der Waals surface area contributed by atoms with Gasteiger partial charge in [0.15, 0.2) is 0 Å². The predicted octanol–water partition coefficient (Wildman–Crippen LogP) is 4.27. The van der Waals surface area contributed by atoms with Crippen molar-refractivity contribution in [1.29, 1.82) is 0 Å². The molecule has 4 atom stereocenters. The van der Waals surface area contributed by atoms with Gasteiger partial charge in [0.2, 0.25) is 5.91 Å². The van der Waals surface area contributed by atoms with E-state index in [0.717, 1.165) is 11.1 Å². The number of benzene rings is 1. The van der Waals surface area contributed by atoms with Crippen LogP contribution in [0.15, 0.2) is 42.5 Å². The zero-order chi connectivity index (χ0) is 27.3. The Morgan fingerprint density at radius 3 is 2.17 bits per heavy atom. The first-order valence-corrected chi connectivity index (χ1v) is 12.4. The molecule has 3 unspecified atom stereocenters. The summed E-state index contributed by atoms with van der Waals surface area (Å²) < 4.78 is 16.9. The smallest absolute Gasteiger partial charge is 0.410 e. The third-order valence-electron chi connectivity index (χ3n) is 5.77. The lowest BCUT2D eigenvalue weighted by Gasteiger charge is -2.35. The lowest BCUT2D eigenvalue weighted by atomic mass is 9.93. The SMILES string of the molecule is C=C1C[C@@H](C(OC)C(C)C(=O)NC(Cc2ccccc2)C(=O)OC(C)(C)C)N(C(=O)OC(C)(C)C)C1. The van der Waals surface area contributed by atoms with Crippen molar-refractivity contribution in [1.82, 2.24) is 10.2 Å². The molecule has 0 spiro atoms. The summed E-state index contributed by atoms with van der Waals surface area (Å²) in [7, 11) is 1.51. The first-order chi connectivity index (χ1) is 16.6. The topological polar surface area (TPSA) is 94.2 Å². The number of hydrogen-bond acceptors (Lipinski definition) is 6. The molecule has 1 fully saturated rings. The molecule has 8 heteroatoms. The van der Waals surface area contributed by atoms with E-state index in [0.29, 0.717) is 13.0 Å². The molecule has 0 aliphatic carbocycles. The van der Waals surface area contributed by atoms with Gasteiger partial charge in [0.05, 0.1) is 18.1 Å². The maximum atomic E-state index is 13.4. The Morgan fingerprint density at radius 1 is 1.06 bits per heavy atom. The summed E-state index contributed by atoms with van der Waals surface area (Å²) in [5.41, 5.74) is 0.397. The van der Waals surface area contributed by atoms with E-state index in [-0.39, 0.29) is 12.3 Å². The minimum atomic E-state index is -0.875. The summed E-state index contributed by atoms with van der Waals surface area (Å²) in [6.07, 6.45) is -0.324. The molecule has 1 aromatic carbocycles. The fourth-order valence-corrected chi connectivity index (χ4v) is 4.21. The lowest BCUT2D eigenvalue weighted by Crippen LogP contribution is -2.53. The number of likely N-dealkylation sites (tertiary alicyclic amines) is 1. The number of esters is 1. The molecule has 2 rings (SSSR count). The second kappa shape index (κ2) is 11.9. The van der Waals surface area contributed by atoms with Crippen molar-refractivity contribution in [2.24, 2.45) is 5.92 Å². The number of rotatable bonds is 8. The van der Waals surface area contributed by atoms with Gasteiger partial charge in [-0.25, -0.2) is 9.59 Å². The van der Waals surface area contributed by atoms with Gasteiger partial charge in [-0.15, -0.1) is 0 Å². The van der Waals surface area contributed by atoms with Crippen molar-refractivity contribution in [3.8, 4) is 0 Å². The van der Waals surface area contributed by atoms with Crippen LogP contribution in [0.1, 0.15) is 60.5 Å². The Kier molecular flexibility index (Phi) is 9.71. The highest BCUT2D eigenvalue weighted by atomic mass is 16.6. The first kappa shape index (κ1) is 29.4. The normalized spacial score (nSPS) is 18.8. The third-order valence-corrected chi connectivity index (χ3v) is 5.77. The highest BCUT2D eigenvalue weighted by molar-refractivity contribution is 5.86. The van der Waals surface area contributed by atoms with Crippen LogP contribution in [0.25, 0.3) is 0 Å². The quantitative estimate of drug-likeness (QED) is 0.421. The van der Waals surface area contributed by atoms with Crippen LogP contribution < -0.4 is 5.32 Å². The third kappa shape index (κ3) is 8.66. The zero-order valence-corrected chi connectivity index (χ0v) is 22.9. The van der Waals surface area contributed by atoms with Gasteiger partial charge in [-0.3, -0.25) is 9.69 Å². The van der Waals surface area contributed by atoms with Crippen molar-refractivity contribution in [2.75, 3.05) is 13.7 Å². The Balaban J connectivity index is 2.22. The zero-order valence-electron chi connectivity index (χ0n) is 22.9. The van der Waals surface area contributed by atoms with Crippen LogP contribution in [0, 0.1) is 5.92 Å². The predicted molar refractivity (Wildman–Crippen MR) is 138 cm³/mol. The number of carbonyl (C=O) groups is 3. The minimum Gasteiger partial charge on any atom is -0.458 e. The maximum Gasteiger partial charge on any atom is 0.410 e. The van der Waals surface area contributed by atoms with Gasteiger partial charge in [-0.05, 0) is 53.5 Å². The van der Waals surface area contributed by atoms with Gasteiger partial charge in [-0.1, -0.05) is 49.4 Å². The number of ether oxygens (including phenoxy) is 3. The largest absolute Gasteiger partial charge is 0.458 e. The Morgan fingerprint density at radius 2 is 1.64 bits per heavy atom. The fraction of sp³-hybridized carbons (Fsp3) is 0.607. The average Bonchev–Trinajstić information content (AvgIpc) is 3.13. The van der Waals surface area contributed by atoms with Crippen molar-refractivity contribution >= 4 is 18.0 Å². The summed E-state index contributed by atoms with van der Waals surface area (Å²) in [6.45, 7) is 16.9. The molecule has 1 heterocycles. The van der Waals surface area contributed by atoms with Crippen LogP contribution in [0.4, 0.5) is 4.79 Å². The van der Waals surface area contributed by atoms with E-state index in [1.165, 1.54) is 7.11 Å². The number of hydrogen-bond donors (Lipinski definition) is 1. The van der Waals surface area contributed by atoms with Crippen molar-refractivity contribution in [2.45, 2.75) is 90.7 Å². The number of nitrogens with one attached hydrogen (secondary N) is 1. The molecule has 2 amide bonds. The van der Waals surface area contributed by atoms with E-state index in [1.54, 1.807) is 53.4 Å². The minimum absolute atomic E-state index is 0.288. The van der Waals surface area contributed by atoms with E-state index < -0.39 is 47.4 Å². The summed E-state index contributed by atoms with van der Waals surface area (Å²) in [4.78, 5) is 40.8. The Hall–Kier alpha value is -2.87. The molecule has 200 valence electrons. The summed E-state index contributed by atoms with van der Waals surface area (Å²) in [5.74, 6) is -1.54. The Bertz CT molecular complexity index is 932. The second-order valence-corrected chi connectivity index (χ2v) is 11.4. The van der Waals surface area contributed by atoms with E-state index in [9.17, 15) is 14.4 Å². The van der Waals surface area contributed by atoms with Gasteiger partial charge in [0.25, 0.3) is 0 Å². The molecular weight excluding hydrogens is 460 g/mol. The van der Waals surface area contributed by atoms with Crippen molar-refractivity contribution in [3.63, 3.8) is 0 Å². The van der Waals surface area contributed by atoms with Crippen LogP contribution in [-0.4, -0.2) is 65.9 Å². The number of carbonyl (C=O) groups excluding carboxylic acids is 3. The number of nitrogens with zero attached hydrogens (tertiary/aromatic N) is 1. The Labute approximate surface area is 215 Å². The van der Waals surface area contributed by atoms with Crippen LogP contribution in [0.5, 0.6) is 0 Å². The van der Waals surface area contributed by atoms with Crippen LogP contribution in [0.3, 0.4) is 0 Å². The molecule has 0 bridgehead atoms. The maximum absolute atomic E-state index is 13.4. The number of amides is 2. The molecule has 1 aliphatic rings. The molecule has 8 nitrogen and oxygen atoms in total. The molecule has 1 aromatic rings. The van der Waals surface area contributed by atoms with E-state index in [1.807, 2.05) is 30.3 Å². The molecule has 0 saturated carbocycles. The summed E-state index contributed by atoms with van der Waals surface area (Å²) in [6, 6.07) is 8.14. The van der Waals surface area contributed by atoms with Crippen molar-refractivity contribution in [3.05, 3.63) is 48.0 Å². The van der Waals surface area contributed by atoms with Gasteiger partial charge >= 0.3 is 12.1 Å². The average molecular weight is 503 g/mol. The van der Waals surface area contributed by atoms with Gasteiger partial charge in [0.1, 0.15) is 17.2 Å². The van der Waals surface area contributed by atoms with Crippen molar-refractivity contribution < 1.29 is 28.6 Å². The molecule has 1 N–H and O–H groups in total. The molecule has 1 saturated heterocycles. The highest BCUT2D eigenvalue weighted by Gasteiger charge is 2.43. The lowest BCUT2D eigenvalue weighted by molar-refractivity contribution is -0.159. The van der Waals surface area contributed by atoms with Crippen LogP contribution in [0.2, 0.25) is 0 Å². The van der Waals surface area contributed by atoms with E-state index in [2.05, 4.69) is 11.9 Å². The van der Waals surface area contributed by atoms with Crippen LogP contribution >= 0.6 is 0 Å².